The first-order chi connectivity index (χ1) is 12.1. The predicted molar refractivity (Wildman–Crippen MR) is 92.4 cm³/mol. The number of halogens is 1. The Morgan fingerprint density at radius 2 is 1.72 bits per heavy atom. The summed E-state index contributed by atoms with van der Waals surface area (Å²) in [6.07, 6.45) is 0.624. The number of carbonyl (C=O) groups is 2. The van der Waals surface area contributed by atoms with Crippen LogP contribution >= 0.6 is 0 Å². The van der Waals surface area contributed by atoms with Crippen LogP contribution in [0.5, 0.6) is 5.75 Å². The van der Waals surface area contributed by atoms with Crippen LogP contribution in [-0.4, -0.2) is 36.3 Å². The average molecular weight is 341 g/mol. The molecule has 1 saturated heterocycles. The second-order valence-electron chi connectivity index (χ2n) is 6.07. The molecule has 0 N–H and O–H groups in total. The van der Waals surface area contributed by atoms with Gasteiger partial charge in [0.1, 0.15) is 11.6 Å². The Hall–Kier alpha value is -2.69. The predicted octanol–water partition coefficient (Wildman–Crippen LogP) is 3.57. The number of amides is 1. The second-order valence-corrected chi connectivity index (χ2v) is 6.07. The van der Waals surface area contributed by atoms with Crippen molar-refractivity contribution >= 4 is 11.7 Å². The standard InChI is InChI=1S/C20H20FNO3/c1-2-25-18-9-5-15(6-10-18)20(24)22-12-11-16(13-22)19(23)14-3-7-17(21)8-4-14/h3-10,16H,2,11-13H2,1H3/t16-/m0/s1. The van der Waals surface area contributed by atoms with Crippen LogP contribution in [0.15, 0.2) is 48.5 Å². The fourth-order valence-corrected chi connectivity index (χ4v) is 3.05. The van der Waals surface area contributed by atoms with Gasteiger partial charge in [-0.15, -0.1) is 0 Å². The van der Waals surface area contributed by atoms with Crippen molar-refractivity contribution in [2.75, 3.05) is 19.7 Å². The first kappa shape index (κ1) is 17.1. The summed E-state index contributed by atoms with van der Waals surface area (Å²) in [5.74, 6) is -0.00308. The summed E-state index contributed by atoms with van der Waals surface area (Å²) in [7, 11) is 0. The second kappa shape index (κ2) is 7.47. The highest BCUT2D eigenvalue weighted by Gasteiger charge is 2.31. The summed E-state index contributed by atoms with van der Waals surface area (Å²) in [6, 6.07) is 12.6. The lowest BCUT2D eigenvalue weighted by atomic mass is 9.97. The summed E-state index contributed by atoms with van der Waals surface area (Å²) in [4.78, 5) is 26.8. The van der Waals surface area contributed by atoms with Crippen molar-refractivity contribution < 1.29 is 18.7 Å². The minimum atomic E-state index is -0.365. The number of ether oxygens (including phenoxy) is 1. The van der Waals surface area contributed by atoms with E-state index >= 15 is 0 Å². The number of hydrogen-bond donors (Lipinski definition) is 0. The fraction of sp³-hybridized carbons (Fsp3) is 0.300. The minimum Gasteiger partial charge on any atom is -0.494 e. The van der Waals surface area contributed by atoms with Crippen molar-refractivity contribution in [3.8, 4) is 5.75 Å². The van der Waals surface area contributed by atoms with Gasteiger partial charge in [-0.05, 0) is 61.9 Å². The zero-order valence-electron chi connectivity index (χ0n) is 14.1. The van der Waals surface area contributed by atoms with E-state index in [0.717, 1.165) is 5.75 Å². The highest BCUT2D eigenvalue weighted by Crippen LogP contribution is 2.23. The van der Waals surface area contributed by atoms with Gasteiger partial charge in [-0.25, -0.2) is 4.39 Å². The van der Waals surface area contributed by atoms with E-state index in [4.69, 9.17) is 4.74 Å². The molecule has 4 nitrogen and oxygen atoms in total. The van der Waals surface area contributed by atoms with E-state index in [1.807, 2.05) is 6.92 Å². The maximum absolute atomic E-state index is 13.0. The van der Waals surface area contributed by atoms with Crippen molar-refractivity contribution in [2.24, 2.45) is 5.92 Å². The maximum Gasteiger partial charge on any atom is 0.253 e. The highest BCUT2D eigenvalue weighted by atomic mass is 19.1. The molecule has 0 bridgehead atoms. The van der Waals surface area contributed by atoms with E-state index in [0.29, 0.717) is 37.2 Å². The number of likely N-dealkylation sites (tertiary alicyclic amines) is 1. The van der Waals surface area contributed by atoms with E-state index in [2.05, 4.69) is 0 Å². The summed E-state index contributed by atoms with van der Waals surface area (Å²) in [5.41, 5.74) is 1.07. The first-order valence-electron chi connectivity index (χ1n) is 8.40. The minimum absolute atomic E-state index is 0.0398. The Morgan fingerprint density at radius 3 is 2.36 bits per heavy atom. The number of nitrogens with zero attached hydrogens (tertiary/aromatic N) is 1. The lowest BCUT2D eigenvalue weighted by Crippen LogP contribution is -2.30. The smallest absolute Gasteiger partial charge is 0.253 e. The van der Waals surface area contributed by atoms with Crippen molar-refractivity contribution in [2.45, 2.75) is 13.3 Å². The van der Waals surface area contributed by atoms with Gasteiger partial charge < -0.3 is 9.64 Å². The van der Waals surface area contributed by atoms with E-state index in [9.17, 15) is 14.0 Å². The van der Waals surface area contributed by atoms with Crippen LogP contribution < -0.4 is 4.74 Å². The summed E-state index contributed by atoms with van der Waals surface area (Å²) in [5, 5.41) is 0. The zero-order valence-corrected chi connectivity index (χ0v) is 14.1. The van der Waals surface area contributed by atoms with Gasteiger partial charge in [0.25, 0.3) is 5.91 Å². The molecule has 0 aliphatic carbocycles. The van der Waals surface area contributed by atoms with E-state index in [1.54, 1.807) is 29.2 Å². The quantitative estimate of drug-likeness (QED) is 0.781. The molecule has 0 aromatic heterocycles. The topological polar surface area (TPSA) is 46.6 Å². The van der Waals surface area contributed by atoms with Crippen LogP contribution in [0, 0.1) is 11.7 Å². The van der Waals surface area contributed by atoms with E-state index < -0.39 is 0 Å². The molecular formula is C20H20FNO3. The number of carbonyl (C=O) groups excluding carboxylic acids is 2. The molecule has 5 heteroatoms. The molecule has 1 aliphatic rings. The van der Waals surface area contributed by atoms with Crippen LogP contribution in [0.1, 0.15) is 34.1 Å². The highest BCUT2D eigenvalue weighted by molar-refractivity contribution is 5.99. The molecule has 130 valence electrons. The maximum atomic E-state index is 13.0. The molecule has 1 amide bonds. The molecule has 1 aliphatic heterocycles. The number of hydrogen-bond acceptors (Lipinski definition) is 3. The molecule has 0 saturated carbocycles. The molecule has 1 heterocycles. The summed E-state index contributed by atoms with van der Waals surface area (Å²) < 4.78 is 18.4. The number of benzene rings is 2. The fourth-order valence-electron chi connectivity index (χ4n) is 3.05. The van der Waals surface area contributed by atoms with Crippen LogP contribution in [0.25, 0.3) is 0 Å². The molecule has 25 heavy (non-hydrogen) atoms. The van der Waals surface area contributed by atoms with Crippen LogP contribution in [0.4, 0.5) is 4.39 Å². The van der Waals surface area contributed by atoms with Gasteiger partial charge in [-0.1, -0.05) is 0 Å². The van der Waals surface area contributed by atoms with Crippen LogP contribution in [0.3, 0.4) is 0 Å². The van der Waals surface area contributed by atoms with Gasteiger partial charge in [0.2, 0.25) is 0 Å². The monoisotopic (exact) mass is 341 g/mol. The van der Waals surface area contributed by atoms with Crippen molar-refractivity contribution in [3.63, 3.8) is 0 Å². The number of Topliss-reactive ketones (excluding diaryl/α,β-unsaturated/α-hetero) is 1. The lowest BCUT2D eigenvalue weighted by Gasteiger charge is -2.16. The Bertz CT molecular complexity index is 756. The SMILES string of the molecule is CCOc1ccc(C(=O)N2CC[C@H](C(=O)c3ccc(F)cc3)C2)cc1. The molecule has 0 spiro atoms. The molecule has 2 aromatic carbocycles. The van der Waals surface area contributed by atoms with Crippen LogP contribution in [0.2, 0.25) is 0 Å². The largest absolute Gasteiger partial charge is 0.494 e. The van der Waals surface area contributed by atoms with Gasteiger partial charge in [0.15, 0.2) is 5.78 Å². The number of ketones is 1. The molecule has 3 rings (SSSR count). The average Bonchev–Trinajstić information content (AvgIpc) is 3.12. The van der Waals surface area contributed by atoms with Crippen molar-refractivity contribution in [1.82, 2.24) is 4.90 Å². The lowest BCUT2D eigenvalue weighted by molar-refractivity contribution is 0.0780. The Kier molecular flexibility index (Phi) is 5.12. The number of rotatable bonds is 5. The molecule has 0 radical (unpaired) electrons. The van der Waals surface area contributed by atoms with E-state index in [-0.39, 0.29) is 23.4 Å². The van der Waals surface area contributed by atoms with Gasteiger partial charge in [0.05, 0.1) is 6.61 Å². The zero-order chi connectivity index (χ0) is 17.8. The molecule has 1 atom stereocenters. The Labute approximate surface area is 146 Å². The third-order valence-corrected chi connectivity index (χ3v) is 4.39. The molecule has 2 aromatic rings. The van der Waals surface area contributed by atoms with Gasteiger partial charge in [-0.2, -0.15) is 0 Å². The Morgan fingerprint density at radius 1 is 1.08 bits per heavy atom. The van der Waals surface area contributed by atoms with Gasteiger partial charge in [0, 0.05) is 30.1 Å². The molecule has 1 fully saturated rings. The summed E-state index contributed by atoms with van der Waals surface area (Å²) >= 11 is 0. The van der Waals surface area contributed by atoms with Crippen LogP contribution in [-0.2, 0) is 0 Å². The van der Waals surface area contributed by atoms with Gasteiger partial charge in [-0.3, -0.25) is 9.59 Å². The van der Waals surface area contributed by atoms with Gasteiger partial charge >= 0.3 is 0 Å². The molecular weight excluding hydrogens is 321 g/mol. The third-order valence-electron chi connectivity index (χ3n) is 4.39. The first-order valence-corrected chi connectivity index (χ1v) is 8.40. The Balaban J connectivity index is 1.64. The normalized spacial score (nSPS) is 16.7. The van der Waals surface area contributed by atoms with Crippen molar-refractivity contribution in [3.05, 3.63) is 65.5 Å². The molecule has 0 unspecified atom stereocenters. The van der Waals surface area contributed by atoms with E-state index in [1.165, 1.54) is 24.3 Å². The third kappa shape index (κ3) is 3.87. The van der Waals surface area contributed by atoms with Crippen molar-refractivity contribution in [1.29, 1.82) is 0 Å². The summed E-state index contributed by atoms with van der Waals surface area (Å²) in [6.45, 7) is 3.42.